The molecule has 1 aromatic heterocycles. The van der Waals surface area contributed by atoms with Crippen LogP contribution >= 0.6 is 0 Å². The highest BCUT2D eigenvalue weighted by atomic mass is 32.2. The molecule has 0 radical (unpaired) electrons. The predicted octanol–water partition coefficient (Wildman–Crippen LogP) is 3.12. The first-order valence-corrected chi connectivity index (χ1v) is 8.73. The van der Waals surface area contributed by atoms with Gasteiger partial charge in [-0.05, 0) is 47.1 Å². The fraction of sp³-hybridized carbons (Fsp3) is 0.176. The number of hydrogen-bond acceptors (Lipinski definition) is 5. The lowest BCUT2D eigenvalue weighted by atomic mass is 10.1. The molecule has 0 N–H and O–H groups in total. The molecule has 0 saturated heterocycles. The van der Waals surface area contributed by atoms with Gasteiger partial charge in [0.2, 0.25) is 5.89 Å². The van der Waals surface area contributed by atoms with Crippen LogP contribution in [0.1, 0.15) is 11.5 Å². The fourth-order valence-corrected chi connectivity index (χ4v) is 3.53. The molecule has 3 aromatic rings. The van der Waals surface area contributed by atoms with E-state index >= 15 is 0 Å². The highest BCUT2D eigenvalue weighted by Crippen LogP contribution is 2.30. The molecule has 1 unspecified atom stereocenters. The Morgan fingerprint density at radius 2 is 2.08 bits per heavy atom. The van der Waals surface area contributed by atoms with Gasteiger partial charge in [0.1, 0.15) is 11.6 Å². The zero-order valence-corrected chi connectivity index (χ0v) is 13.4. The van der Waals surface area contributed by atoms with Crippen molar-refractivity contribution in [1.29, 1.82) is 0 Å². The van der Waals surface area contributed by atoms with Crippen molar-refractivity contribution in [2.24, 2.45) is 0 Å². The van der Waals surface area contributed by atoms with E-state index in [1.54, 1.807) is 6.07 Å². The number of rotatable bonds is 4. The van der Waals surface area contributed by atoms with E-state index in [1.807, 2.05) is 18.2 Å². The largest absolute Gasteiger partial charge is 0.611 e. The third kappa shape index (κ3) is 3.00. The number of hydrogen-bond donors (Lipinski definition) is 0. The third-order valence-electron chi connectivity index (χ3n) is 3.72. The van der Waals surface area contributed by atoms with Crippen molar-refractivity contribution < 1.29 is 18.1 Å². The molecule has 1 atom stereocenters. The van der Waals surface area contributed by atoms with Crippen LogP contribution in [-0.2, 0) is 23.3 Å². The molecule has 7 heteroatoms. The highest BCUT2D eigenvalue weighted by Gasteiger charge is 2.19. The van der Waals surface area contributed by atoms with Gasteiger partial charge in [0.25, 0.3) is 5.89 Å². The molecule has 2 heterocycles. The van der Waals surface area contributed by atoms with Gasteiger partial charge in [-0.15, -0.1) is 10.2 Å². The minimum atomic E-state index is -1.44. The van der Waals surface area contributed by atoms with Crippen LogP contribution in [0.25, 0.3) is 11.5 Å². The van der Waals surface area contributed by atoms with Crippen LogP contribution in [0.5, 0.6) is 5.75 Å². The number of halogens is 1. The maximum absolute atomic E-state index is 13.2. The number of ether oxygens (including phenoxy) is 1. The molecule has 2 aromatic carbocycles. The molecule has 122 valence electrons. The van der Waals surface area contributed by atoms with Gasteiger partial charge in [-0.25, -0.2) is 4.39 Å². The minimum Gasteiger partial charge on any atom is -0.611 e. The molecule has 0 saturated carbocycles. The van der Waals surface area contributed by atoms with Crippen LogP contribution in [0, 0.1) is 5.82 Å². The van der Waals surface area contributed by atoms with E-state index in [0.717, 1.165) is 23.3 Å². The van der Waals surface area contributed by atoms with Gasteiger partial charge in [0, 0.05) is 18.1 Å². The number of aromatic nitrogens is 2. The summed E-state index contributed by atoms with van der Waals surface area (Å²) in [6.07, 6.45) is 0.855. The highest BCUT2D eigenvalue weighted by molar-refractivity contribution is 7.90. The van der Waals surface area contributed by atoms with Gasteiger partial charge in [-0.2, -0.15) is 0 Å². The summed E-state index contributed by atoms with van der Waals surface area (Å²) in [6, 6.07) is 11.4. The minimum absolute atomic E-state index is 0.0461. The Labute approximate surface area is 140 Å². The Kier molecular flexibility index (Phi) is 3.95. The Morgan fingerprint density at radius 3 is 2.96 bits per heavy atom. The van der Waals surface area contributed by atoms with Gasteiger partial charge in [-0.1, -0.05) is 6.07 Å². The van der Waals surface area contributed by atoms with Gasteiger partial charge >= 0.3 is 0 Å². The average molecular weight is 344 g/mol. The van der Waals surface area contributed by atoms with Crippen LogP contribution in [0.3, 0.4) is 0 Å². The molecule has 5 nitrogen and oxygen atoms in total. The first-order valence-electron chi connectivity index (χ1n) is 7.41. The van der Waals surface area contributed by atoms with E-state index in [4.69, 9.17) is 9.15 Å². The lowest BCUT2D eigenvalue weighted by Gasteiger charge is -2.07. The second kappa shape index (κ2) is 6.26. The summed E-state index contributed by atoms with van der Waals surface area (Å²) in [7, 11) is 0. The van der Waals surface area contributed by atoms with Gasteiger partial charge in [0.05, 0.1) is 6.61 Å². The van der Waals surface area contributed by atoms with Crippen molar-refractivity contribution in [2.75, 3.05) is 6.61 Å². The molecule has 0 amide bonds. The van der Waals surface area contributed by atoms with E-state index < -0.39 is 17.0 Å². The number of nitrogens with zero attached hydrogens (tertiary/aromatic N) is 2. The summed E-state index contributed by atoms with van der Waals surface area (Å²) in [5.41, 5.74) is 1.91. The van der Waals surface area contributed by atoms with E-state index in [9.17, 15) is 8.94 Å². The van der Waals surface area contributed by atoms with Crippen molar-refractivity contribution >= 4 is 11.2 Å². The Morgan fingerprint density at radius 1 is 1.17 bits per heavy atom. The second-order valence-electron chi connectivity index (χ2n) is 5.37. The molecule has 4 rings (SSSR count). The quantitative estimate of drug-likeness (QED) is 0.680. The number of benzene rings is 2. The molecular formula is C17H13FN2O3S. The van der Waals surface area contributed by atoms with Gasteiger partial charge in [-0.3, -0.25) is 0 Å². The van der Waals surface area contributed by atoms with Crippen molar-refractivity contribution in [3.63, 3.8) is 0 Å². The summed E-state index contributed by atoms with van der Waals surface area (Å²) in [4.78, 5) is 0.393. The van der Waals surface area contributed by atoms with Gasteiger partial charge < -0.3 is 13.7 Å². The SMILES string of the molecule is [O-][S+](Cc1nnc(-c2ccc3c(c2)CCO3)o1)c1cccc(F)c1. The molecule has 1 aliphatic rings. The molecule has 0 bridgehead atoms. The molecular weight excluding hydrogens is 331 g/mol. The smallest absolute Gasteiger partial charge is 0.266 e. The van der Waals surface area contributed by atoms with Crippen LogP contribution in [-0.4, -0.2) is 21.4 Å². The number of fused-ring (bicyclic) bond motifs is 1. The predicted molar refractivity (Wildman–Crippen MR) is 85.4 cm³/mol. The molecule has 0 spiro atoms. The summed E-state index contributed by atoms with van der Waals surface area (Å²) >= 11 is -1.44. The summed E-state index contributed by atoms with van der Waals surface area (Å²) in [5.74, 6) is 1.13. The van der Waals surface area contributed by atoms with Crippen molar-refractivity contribution in [3.8, 4) is 17.2 Å². The third-order valence-corrected chi connectivity index (χ3v) is 5.01. The summed E-state index contributed by atoms with van der Waals surface area (Å²) in [6.45, 7) is 0.681. The molecule has 24 heavy (non-hydrogen) atoms. The normalized spacial score (nSPS) is 14.2. The van der Waals surface area contributed by atoms with Crippen LogP contribution in [0.2, 0.25) is 0 Å². The van der Waals surface area contributed by atoms with Crippen LogP contribution < -0.4 is 4.74 Å². The Bertz CT molecular complexity index is 884. The standard InChI is InChI=1S/C17H13FN2O3S/c18-13-2-1-3-14(9-13)24(21)10-16-19-20-17(23-16)12-4-5-15-11(8-12)6-7-22-15/h1-5,8-9H,6-7,10H2. The Hall–Kier alpha value is -2.38. The average Bonchev–Trinajstić information content (AvgIpc) is 3.23. The van der Waals surface area contributed by atoms with Gasteiger partial charge in [0.15, 0.2) is 10.6 Å². The van der Waals surface area contributed by atoms with Crippen molar-refractivity contribution in [2.45, 2.75) is 17.1 Å². The van der Waals surface area contributed by atoms with E-state index in [0.29, 0.717) is 17.4 Å². The lowest BCUT2D eigenvalue weighted by Crippen LogP contribution is -2.05. The zero-order valence-electron chi connectivity index (χ0n) is 12.6. The molecule has 1 aliphatic heterocycles. The van der Waals surface area contributed by atoms with Crippen molar-refractivity contribution in [3.05, 3.63) is 59.7 Å². The maximum Gasteiger partial charge on any atom is 0.266 e. The van der Waals surface area contributed by atoms with E-state index in [-0.39, 0.29) is 11.6 Å². The maximum atomic E-state index is 13.2. The fourth-order valence-electron chi connectivity index (χ4n) is 2.55. The second-order valence-corrected chi connectivity index (χ2v) is 6.82. The van der Waals surface area contributed by atoms with Crippen LogP contribution in [0.4, 0.5) is 4.39 Å². The van der Waals surface area contributed by atoms with E-state index in [2.05, 4.69) is 10.2 Å². The Balaban J connectivity index is 1.52. The first-order chi connectivity index (χ1) is 11.7. The lowest BCUT2D eigenvalue weighted by molar-refractivity contribution is 0.357. The topological polar surface area (TPSA) is 71.2 Å². The van der Waals surface area contributed by atoms with Crippen molar-refractivity contribution in [1.82, 2.24) is 10.2 Å². The monoisotopic (exact) mass is 344 g/mol. The van der Waals surface area contributed by atoms with E-state index in [1.165, 1.54) is 18.2 Å². The zero-order chi connectivity index (χ0) is 16.5. The first kappa shape index (κ1) is 15.2. The van der Waals surface area contributed by atoms with Crippen LogP contribution in [0.15, 0.2) is 51.8 Å². The molecule has 0 fully saturated rings. The summed E-state index contributed by atoms with van der Waals surface area (Å²) < 4.78 is 36.5. The summed E-state index contributed by atoms with van der Waals surface area (Å²) in [5, 5.41) is 7.95. The molecule has 0 aliphatic carbocycles.